The van der Waals surface area contributed by atoms with Crippen LogP contribution in [0.25, 0.3) is 60.8 Å². The Morgan fingerprint density at radius 3 is 1.35 bits per heavy atom. The van der Waals surface area contributed by atoms with Crippen molar-refractivity contribution >= 4 is 78.7 Å². The Bertz CT molecular complexity index is 4980. The molecule has 106 heavy (non-hydrogen) atoms. The van der Waals surface area contributed by atoms with E-state index >= 15 is 0 Å². The summed E-state index contributed by atoms with van der Waals surface area (Å²) in [5, 5.41) is 12.0. The van der Waals surface area contributed by atoms with Gasteiger partial charge in [0.2, 0.25) is 29.5 Å². The number of unbranched alkanes of at least 4 members (excludes halogenated alkanes) is 2. The highest BCUT2D eigenvalue weighted by Crippen LogP contribution is 2.33. The van der Waals surface area contributed by atoms with Crippen molar-refractivity contribution in [3.63, 3.8) is 0 Å². The fourth-order valence-electron chi connectivity index (χ4n) is 14.5. The average Bonchev–Trinajstić information content (AvgIpc) is 1.66. The molecule has 13 heterocycles. The van der Waals surface area contributed by atoms with E-state index in [9.17, 15) is 14.4 Å². The van der Waals surface area contributed by atoms with Gasteiger partial charge in [0.15, 0.2) is 6.29 Å². The number of ether oxygens (including phenoxy) is 3. The van der Waals surface area contributed by atoms with Gasteiger partial charge in [-0.15, -0.1) is 0 Å². The fraction of sp³-hybridized carbons (Fsp3) is 0.349. The highest BCUT2D eigenvalue weighted by atomic mass is 28.3. The molecule has 0 aliphatic carbocycles. The standard InChI is InChI=1S/C32H40N6O2Si.C26H25N5O2.C25H28N4O2Si.H2/c1-41(2,3)19-5-4-16-38-30(14-15-34-38)25-7-12-31(33-21-25)40-28-10-11-29-24(20-28)6-8-26(35-29)22-36-17-18-37-27(23-36)9-13-32(37)39;32-26-8-4-22-17-30(11-12-31(22)26)16-21-3-1-18-13-23(5-6-24(18)29-21)33-25-7-2-19(15-28-25)20-9-10-27-14-20;1-32(2,3)15-5-4-14-29-24(12-13-27-29)20-7-11-25(26-17-20)31-22-9-10-23-19(16-22)6-8-21(18-30)28-23;/h6-8,10-12,14-15,20-21,27H,4-5,9,13,16-19,22-23H2,1-3H3;1-3,5-7,9-10,13,15,22H,4,8,11-12,14,16-17H2;6-13,16-18H,4-5,14-15H2,1-3H3;1H/i;;;1+1. The molecular weight excluding hydrogens is 1360 g/mol. The number of amides is 2. The van der Waals surface area contributed by atoms with Crippen molar-refractivity contribution in [3.05, 3.63) is 199 Å². The Morgan fingerprint density at radius 1 is 0.491 bits per heavy atom. The van der Waals surface area contributed by atoms with E-state index in [2.05, 4.69) is 134 Å². The molecule has 0 spiro atoms. The zero-order valence-electron chi connectivity index (χ0n) is 61.6. The summed E-state index contributed by atoms with van der Waals surface area (Å²) in [5.41, 5.74) is 11.6. The van der Waals surface area contributed by atoms with Gasteiger partial charge >= 0.3 is 0 Å². The van der Waals surface area contributed by atoms with Crippen LogP contribution in [0.1, 0.15) is 80.2 Å². The fourth-order valence-corrected chi connectivity index (χ4v) is 17.1. The largest absolute Gasteiger partial charge is 0.439 e. The summed E-state index contributed by atoms with van der Waals surface area (Å²) in [6.07, 6.45) is 21.9. The zero-order chi connectivity index (χ0) is 73.2. The van der Waals surface area contributed by atoms with Crippen LogP contribution in [0.4, 0.5) is 0 Å². The minimum atomic E-state index is -0.996. The van der Waals surface area contributed by atoms with Crippen molar-refractivity contribution in [1.29, 1.82) is 0 Å². The van der Waals surface area contributed by atoms with Crippen molar-refractivity contribution in [3.8, 4) is 57.4 Å². The number of benzene rings is 3. The third-order valence-corrected chi connectivity index (χ3v) is 23.9. The van der Waals surface area contributed by atoms with Crippen molar-refractivity contribution in [1.82, 2.24) is 69.1 Å². The molecule has 23 heteroatoms. The van der Waals surface area contributed by atoms with E-state index in [1.54, 1.807) is 6.07 Å². The summed E-state index contributed by atoms with van der Waals surface area (Å²) in [7, 11) is -1.98. The molecule has 2 unspecified atom stereocenters. The van der Waals surface area contributed by atoms with Crippen molar-refractivity contribution in [2.24, 2.45) is 4.99 Å². The number of carbonyl (C=O) groups is 3. The molecule has 0 bridgehead atoms. The lowest BCUT2D eigenvalue weighted by Crippen LogP contribution is -2.51. The monoisotopic (exact) mass is 1450 g/mol. The van der Waals surface area contributed by atoms with E-state index in [0.717, 1.165) is 181 Å². The summed E-state index contributed by atoms with van der Waals surface area (Å²) < 4.78 is 22.2. The molecule has 0 saturated carbocycles. The van der Waals surface area contributed by atoms with Gasteiger partial charge in [0, 0.05) is 191 Å². The lowest BCUT2D eigenvalue weighted by Gasteiger charge is -2.37. The molecule has 4 fully saturated rings. The number of hydrogen-bond donors (Lipinski definition) is 0. The Balaban J connectivity index is 0.000000143. The molecule has 2 amide bonds. The number of aldehydes is 1. The topological polar surface area (TPSA) is 217 Å². The van der Waals surface area contributed by atoms with E-state index in [-0.39, 0.29) is 1.43 Å². The van der Waals surface area contributed by atoms with Crippen LogP contribution in [0.2, 0.25) is 51.4 Å². The van der Waals surface area contributed by atoms with Crippen LogP contribution in [0.5, 0.6) is 34.9 Å². The van der Waals surface area contributed by atoms with Gasteiger partial charge in [-0.2, -0.15) is 10.2 Å². The second-order valence-corrected chi connectivity index (χ2v) is 41.9. The average molecular weight is 1460 g/mol. The molecule has 4 saturated heterocycles. The maximum atomic E-state index is 12.0. The van der Waals surface area contributed by atoms with Crippen molar-refractivity contribution in [2.45, 2.75) is 141 Å². The summed E-state index contributed by atoms with van der Waals surface area (Å²) in [6, 6.07) is 48.7. The number of aromatic nitrogens is 10. The van der Waals surface area contributed by atoms with Gasteiger partial charge in [-0.05, 0) is 146 Å². The van der Waals surface area contributed by atoms with Crippen LogP contribution in [0.15, 0.2) is 182 Å². The van der Waals surface area contributed by atoms with E-state index in [4.69, 9.17) is 24.2 Å². The van der Waals surface area contributed by atoms with Crippen LogP contribution >= 0.6 is 0 Å². The van der Waals surface area contributed by atoms with Crippen LogP contribution in [-0.2, 0) is 35.8 Å². The third kappa shape index (κ3) is 18.8. The number of allylic oxidation sites excluding steroid dienone is 1. The van der Waals surface area contributed by atoms with Crippen LogP contribution in [0.3, 0.4) is 0 Å². The molecule has 0 N–H and O–H groups in total. The van der Waals surface area contributed by atoms with Gasteiger partial charge in [-0.1, -0.05) is 82.4 Å². The lowest BCUT2D eigenvalue weighted by molar-refractivity contribution is -0.131. The SMILES string of the molecule is C[Si](C)(C)CCCCn1nccc1-c1ccc(Oc2ccc3nc(C=O)ccc3c2)nc1.C[Si](C)(C)CCCCn1nccc1-c1ccc(Oc2ccc3nc(CN4CCN5C(=O)CCC5C4)ccc3c2)nc1.O=C1CCC2CN(Cc3ccc4cc(Oc5ccc(C6=CC=NC6)cn5)ccc4n3)CCN12.[2HH]. The minimum absolute atomic E-state index is 0. The number of aliphatic imine (C=N–C) groups is 1. The number of pyridine rings is 6. The number of rotatable bonds is 24. The van der Waals surface area contributed by atoms with Gasteiger partial charge in [-0.3, -0.25) is 48.5 Å². The first kappa shape index (κ1) is 72.5. The van der Waals surface area contributed by atoms with Gasteiger partial charge in [0.05, 0.1) is 45.9 Å². The minimum Gasteiger partial charge on any atom is -0.439 e. The third-order valence-electron chi connectivity index (χ3n) is 20.2. The molecule has 8 aromatic heterocycles. The zero-order valence-corrected chi connectivity index (χ0v) is 63.6. The Labute approximate surface area is 622 Å². The summed E-state index contributed by atoms with van der Waals surface area (Å²) in [5.74, 6) is 4.42. The van der Waals surface area contributed by atoms with E-state index in [1.807, 2.05) is 146 Å². The summed E-state index contributed by atoms with van der Waals surface area (Å²) in [4.78, 5) is 75.5. The van der Waals surface area contributed by atoms with Gasteiger partial charge in [-0.25, -0.2) is 19.9 Å². The Hall–Kier alpha value is -10.5. The molecule has 546 valence electrons. The van der Waals surface area contributed by atoms with Crippen LogP contribution in [0, 0.1) is 0 Å². The predicted octanol–water partition coefficient (Wildman–Crippen LogP) is 16.4. The normalized spacial score (nSPS) is 16.7. The Kier molecular flexibility index (Phi) is 22.5. The van der Waals surface area contributed by atoms with Crippen molar-refractivity contribution in [2.75, 3.05) is 45.8 Å². The first-order chi connectivity index (χ1) is 51.4. The molecule has 5 aliphatic rings. The summed E-state index contributed by atoms with van der Waals surface area (Å²) in [6.45, 7) is 24.0. The second-order valence-electron chi connectivity index (χ2n) is 30.6. The first-order valence-corrected chi connectivity index (χ1v) is 44.7. The molecule has 16 rings (SSSR count). The lowest BCUT2D eigenvalue weighted by atomic mass is 10.1. The smallest absolute Gasteiger partial charge is 0.222 e. The van der Waals surface area contributed by atoms with Crippen LogP contribution in [-0.4, -0.2) is 167 Å². The molecule has 0 radical (unpaired) electrons. The maximum absolute atomic E-state index is 12.0. The predicted molar refractivity (Wildman–Crippen MR) is 424 cm³/mol. The molecule has 5 aliphatic heterocycles. The number of hydrogen-bond acceptors (Lipinski definition) is 17. The number of carbonyl (C=O) groups excluding carboxylic acids is 3. The van der Waals surface area contributed by atoms with E-state index < -0.39 is 16.1 Å². The number of aryl methyl sites for hydroxylation is 2. The van der Waals surface area contributed by atoms with Gasteiger partial charge in [0.1, 0.15) is 22.9 Å². The highest BCUT2D eigenvalue weighted by molar-refractivity contribution is 6.76. The number of fused-ring (bicyclic) bond motifs is 5. The highest BCUT2D eigenvalue weighted by Gasteiger charge is 2.37. The molecular formula is C83H95N15O6Si2. The molecule has 3 aromatic carbocycles. The van der Waals surface area contributed by atoms with Gasteiger partial charge < -0.3 is 24.0 Å². The van der Waals surface area contributed by atoms with Gasteiger partial charge in [0.25, 0.3) is 0 Å². The van der Waals surface area contributed by atoms with Crippen LogP contribution < -0.4 is 14.2 Å². The van der Waals surface area contributed by atoms with Crippen molar-refractivity contribution < 1.29 is 30.0 Å². The molecule has 21 nitrogen and oxygen atoms in total. The number of nitrogens with zero attached hydrogens (tertiary/aromatic N) is 15. The van der Waals surface area contributed by atoms with E-state index in [1.165, 1.54) is 30.5 Å². The Morgan fingerprint density at radius 2 is 0.934 bits per heavy atom. The van der Waals surface area contributed by atoms with E-state index in [0.29, 0.717) is 72.4 Å². The summed E-state index contributed by atoms with van der Waals surface area (Å²) >= 11 is 0. The number of piperazine rings is 2. The second kappa shape index (κ2) is 32.9. The quantitative estimate of drug-likeness (QED) is 0.0312. The maximum Gasteiger partial charge on any atom is 0.222 e. The molecule has 2 atom stereocenters. The first-order valence-electron chi connectivity index (χ1n) is 37.3. The molecule has 11 aromatic rings.